The molecule has 0 spiro atoms. The van der Waals surface area contributed by atoms with Crippen molar-refractivity contribution in [2.24, 2.45) is 0 Å². The number of hydrogen-bond donors (Lipinski definition) is 1. The van der Waals surface area contributed by atoms with Crippen LogP contribution in [0.15, 0.2) is 35.7 Å². The summed E-state index contributed by atoms with van der Waals surface area (Å²) in [6.45, 7) is 0. The third kappa shape index (κ3) is 3.26. The van der Waals surface area contributed by atoms with Crippen LogP contribution in [0.4, 0.5) is 4.39 Å². The van der Waals surface area contributed by atoms with E-state index in [1.165, 1.54) is 14.5 Å². The van der Waals surface area contributed by atoms with E-state index in [2.05, 4.69) is 39.4 Å². The van der Waals surface area contributed by atoms with E-state index in [0.717, 1.165) is 5.56 Å². The Labute approximate surface area is 118 Å². The van der Waals surface area contributed by atoms with Crippen LogP contribution in [-0.2, 0) is 6.42 Å². The summed E-state index contributed by atoms with van der Waals surface area (Å²) in [6.07, 6.45) is 0.677. The van der Waals surface area contributed by atoms with Crippen molar-refractivity contribution in [3.05, 3.63) is 55.5 Å². The molecule has 0 radical (unpaired) electrons. The standard InChI is InChI=1S/C13H13FINS/c1-16-12(10-7-13(15)17-8-10)6-9-4-2-3-5-11(9)14/h2-5,7-8,12,16H,6H2,1H3. The number of benzene rings is 1. The summed E-state index contributed by atoms with van der Waals surface area (Å²) in [5.74, 6) is -0.127. The lowest BCUT2D eigenvalue weighted by atomic mass is 10.0. The zero-order valence-electron chi connectivity index (χ0n) is 9.41. The molecular weight excluding hydrogens is 348 g/mol. The van der Waals surface area contributed by atoms with Crippen LogP contribution in [0.5, 0.6) is 0 Å². The maximum absolute atomic E-state index is 13.6. The Kier molecular flexibility index (Phi) is 4.53. The molecule has 1 N–H and O–H groups in total. The molecule has 1 aromatic carbocycles. The van der Waals surface area contributed by atoms with Crippen LogP contribution in [0.2, 0.25) is 0 Å². The van der Waals surface area contributed by atoms with Gasteiger partial charge in [-0.15, -0.1) is 11.3 Å². The van der Waals surface area contributed by atoms with Gasteiger partial charge in [0.15, 0.2) is 0 Å². The van der Waals surface area contributed by atoms with Crippen LogP contribution in [-0.4, -0.2) is 7.05 Å². The van der Waals surface area contributed by atoms with Gasteiger partial charge in [-0.25, -0.2) is 4.39 Å². The highest BCUT2D eigenvalue weighted by molar-refractivity contribution is 14.1. The molecule has 0 bridgehead atoms. The van der Waals surface area contributed by atoms with Gasteiger partial charge in [0.1, 0.15) is 5.82 Å². The Bertz CT molecular complexity index is 498. The fourth-order valence-corrected chi connectivity index (χ4v) is 3.20. The quantitative estimate of drug-likeness (QED) is 0.812. The Balaban J connectivity index is 2.18. The lowest BCUT2D eigenvalue weighted by molar-refractivity contribution is 0.555. The summed E-state index contributed by atoms with van der Waals surface area (Å²) < 4.78 is 14.8. The maximum atomic E-state index is 13.6. The van der Waals surface area contributed by atoms with Gasteiger partial charge < -0.3 is 5.32 Å². The van der Waals surface area contributed by atoms with E-state index in [0.29, 0.717) is 6.42 Å². The van der Waals surface area contributed by atoms with Crippen molar-refractivity contribution in [2.75, 3.05) is 7.05 Å². The van der Waals surface area contributed by atoms with Gasteiger partial charge in [-0.3, -0.25) is 0 Å². The zero-order chi connectivity index (χ0) is 12.3. The Morgan fingerprint density at radius 2 is 2.18 bits per heavy atom. The molecule has 0 amide bonds. The number of halogens is 2. The molecule has 1 atom stereocenters. The highest BCUT2D eigenvalue weighted by Gasteiger charge is 2.13. The summed E-state index contributed by atoms with van der Waals surface area (Å²) in [4.78, 5) is 0. The maximum Gasteiger partial charge on any atom is 0.126 e. The van der Waals surface area contributed by atoms with E-state index in [9.17, 15) is 4.39 Å². The molecule has 1 heterocycles. The highest BCUT2D eigenvalue weighted by Crippen LogP contribution is 2.25. The molecule has 1 nitrogen and oxygen atoms in total. The molecule has 1 aromatic heterocycles. The van der Waals surface area contributed by atoms with Gasteiger partial charge in [-0.1, -0.05) is 18.2 Å². The van der Waals surface area contributed by atoms with E-state index >= 15 is 0 Å². The Morgan fingerprint density at radius 3 is 2.76 bits per heavy atom. The molecule has 0 aliphatic heterocycles. The second kappa shape index (κ2) is 5.93. The number of hydrogen-bond acceptors (Lipinski definition) is 2. The Hall–Kier alpha value is -0.460. The molecule has 0 saturated heterocycles. The predicted molar refractivity (Wildman–Crippen MR) is 78.9 cm³/mol. The minimum absolute atomic E-state index is 0.127. The molecule has 0 aliphatic rings. The molecule has 0 fully saturated rings. The van der Waals surface area contributed by atoms with Crippen molar-refractivity contribution in [3.8, 4) is 0 Å². The molecule has 4 heteroatoms. The van der Waals surface area contributed by atoms with Crippen LogP contribution in [0, 0.1) is 8.70 Å². The van der Waals surface area contributed by atoms with Crippen molar-refractivity contribution >= 4 is 33.9 Å². The molecule has 0 aliphatic carbocycles. The lowest BCUT2D eigenvalue weighted by Crippen LogP contribution is -2.18. The van der Waals surface area contributed by atoms with Gasteiger partial charge in [0.05, 0.1) is 2.88 Å². The van der Waals surface area contributed by atoms with Crippen LogP contribution in [0.25, 0.3) is 0 Å². The summed E-state index contributed by atoms with van der Waals surface area (Å²) in [6, 6.07) is 9.28. The molecular formula is C13H13FINS. The number of thiophene rings is 1. The van der Waals surface area contributed by atoms with E-state index in [1.54, 1.807) is 17.4 Å². The van der Waals surface area contributed by atoms with E-state index in [4.69, 9.17) is 0 Å². The number of likely N-dealkylation sites (N-methyl/N-ethyl adjacent to an activating group) is 1. The third-order valence-corrected chi connectivity index (χ3v) is 4.53. The van der Waals surface area contributed by atoms with E-state index in [1.807, 2.05) is 19.2 Å². The first kappa shape index (κ1) is 13.0. The minimum atomic E-state index is -0.127. The molecule has 2 rings (SSSR count). The normalized spacial score (nSPS) is 12.6. The average Bonchev–Trinajstić information content (AvgIpc) is 2.75. The first-order valence-corrected chi connectivity index (χ1v) is 7.31. The number of rotatable bonds is 4. The van der Waals surface area contributed by atoms with Crippen LogP contribution >= 0.6 is 33.9 Å². The van der Waals surface area contributed by atoms with E-state index in [-0.39, 0.29) is 11.9 Å². The van der Waals surface area contributed by atoms with Crippen molar-refractivity contribution in [1.29, 1.82) is 0 Å². The summed E-state index contributed by atoms with van der Waals surface area (Å²) >= 11 is 4.02. The predicted octanol–water partition coefficient (Wildman–Crippen LogP) is 4.00. The first-order chi connectivity index (χ1) is 8.20. The summed E-state index contributed by atoms with van der Waals surface area (Å²) in [5.41, 5.74) is 1.98. The number of nitrogens with one attached hydrogen (secondary N) is 1. The van der Waals surface area contributed by atoms with Gasteiger partial charge in [0.2, 0.25) is 0 Å². The summed E-state index contributed by atoms with van der Waals surface area (Å²) in [7, 11) is 1.91. The van der Waals surface area contributed by atoms with Crippen LogP contribution < -0.4 is 5.32 Å². The molecule has 17 heavy (non-hydrogen) atoms. The van der Waals surface area contributed by atoms with Gasteiger partial charge in [-0.05, 0) is 64.7 Å². The smallest absolute Gasteiger partial charge is 0.126 e. The van der Waals surface area contributed by atoms with Gasteiger partial charge in [0.25, 0.3) is 0 Å². The SMILES string of the molecule is CNC(Cc1ccccc1F)c1csc(I)c1. The van der Waals surface area contributed by atoms with Crippen molar-refractivity contribution < 1.29 is 4.39 Å². The zero-order valence-corrected chi connectivity index (χ0v) is 12.4. The molecule has 2 aromatic rings. The van der Waals surface area contributed by atoms with Crippen LogP contribution in [0.1, 0.15) is 17.2 Å². The van der Waals surface area contributed by atoms with Crippen molar-refractivity contribution in [2.45, 2.75) is 12.5 Å². The van der Waals surface area contributed by atoms with E-state index < -0.39 is 0 Å². The second-order valence-electron chi connectivity index (χ2n) is 3.82. The lowest BCUT2D eigenvalue weighted by Gasteiger charge is -2.15. The molecule has 1 unspecified atom stereocenters. The van der Waals surface area contributed by atoms with Crippen molar-refractivity contribution in [3.63, 3.8) is 0 Å². The fourth-order valence-electron chi connectivity index (χ4n) is 1.78. The highest BCUT2D eigenvalue weighted by atomic mass is 127. The monoisotopic (exact) mass is 361 g/mol. The second-order valence-corrected chi connectivity index (χ2v) is 6.63. The van der Waals surface area contributed by atoms with Crippen LogP contribution in [0.3, 0.4) is 0 Å². The van der Waals surface area contributed by atoms with Gasteiger partial charge >= 0.3 is 0 Å². The van der Waals surface area contributed by atoms with Gasteiger partial charge in [-0.2, -0.15) is 0 Å². The first-order valence-electron chi connectivity index (χ1n) is 5.35. The summed E-state index contributed by atoms with van der Waals surface area (Å²) in [5, 5.41) is 5.37. The average molecular weight is 361 g/mol. The Morgan fingerprint density at radius 1 is 1.41 bits per heavy atom. The molecule has 90 valence electrons. The fraction of sp³-hybridized carbons (Fsp3) is 0.231. The topological polar surface area (TPSA) is 12.0 Å². The van der Waals surface area contributed by atoms with Crippen molar-refractivity contribution in [1.82, 2.24) is 5.32 Å². The molecule has 0 saturated carbocycles. The minimum Gasteiger partial charge on any atom is -0.313 e. The third-order valence-electron chi connectivity index (χ3n) is 2.72. The largest absolute Gasteiger partial charge is 0.313 e. The van der Waals surface area contributed by atoms with Gasteiger partial charge in [0, 0.05) is 6.04 Å².